The third-order valence-corrected chi connectivity index (χ3v) is 3.03. The van der Waals surface area contributed by atoms with Gasteiger partial charge in [0, 0.05) is 12.1 Å². The summed E-state index contributed by atoms with van der Waals surface area (Å²) in [5.41, 5.74) is 1.58. The highest BCUT2D eigenvalue weighted by Crippen LogP contribution is 2.23. The van der Waals surface area contributed by atoms with Gasteiger partial charge in [0.05, 0.1) is 5.56 Å². The molecule has 0 bridgehead atoms. The number of hydrogen-bond donors (Lipinski definition) is 3. The maximum atomic E-state index is 12.0. The fourth-order valence-electron chi connectivity index (χ4n) is 1.88. The highest BCUT2D eigenvalue weighted by atomic mass is 16.4. The van der Waals surface area contributed by atoms with E-state index in [2.05, 4.69) is 0 Å². The molecule has 0 radical (unpaired) electrons. The van der Waals surface area contributed by atoms with Gasteiger partial charge in [-0.15, -0.1) is 0 Å². The van der Waals surface area contributed by atoms with Crippen LogP contribution in [0.1, 0.15) is 21.5 Å². The Labute approximate surface area is 132 Å². The van der Waals surface area contributed by atoms with Gasteiger partial charge in [-0.05, 0) is 35.4 Å². The van der Waals surface area contributed by atoms with Crippen molar-refractivity contribution in [2.45, 2.75) is 0 Å². The molecule has 0 spiro atoms. The summed E-state index contributed by atoms with van der Waals surface area (Å²) in [5.74, 6) is -1.81. The highest BCUT2D eigenvalue weighted by Gasteiger charge is 2.08. The van der Waals surface area contributed by atoms with Crippen molar-refractivity contribution in [1.82, 2.24) is 0 Å². The van der Waals surface area contributed by atoms with Gasteiger partial charge in [-0.3, -0.25) is 4.79 Å². The Bertz CT molecular complexity index is 786. The van der Waals surface area contributed by atoms with Crippen molar-refractivity contribution in [2.75, 3.05) is 0 Å². The average molecular weight is 310 g/mol. The molecule has 0 heterocycles. The molecule has 0 fully saturated rings. The zero-order valence-corrected chi connectivity index (χ0v) is 12.0. The third-order valence-electron chi connectivity index (χ3n) is 3.03. The van der Waals surface area contributed by atoms with E-state index in [0.717, 1.165) is 23.3 Å². The lowest BCUT2D eigenvalue weighted by molar-refractivity contribution is -0.131. The molecule has 2 aromatic carbocycles. The molecule has 0 saturated heterocycles. The first kappa shape index (κ1) is 16.0. The van der Waals surface area contributed by atoms with E-state index in [1.165, 1.54) is 24.3 Å². The number of rotatable bonds is 5. The van der Waals surface area contributed by atoms with Crippen molar-refractivity contribution in [3.05, 3.63) is 71.3 Å². The molecule has 0 atom stereocenters. The summed E-state index contributed by atoms with van der Waals surface area (Å²) in [6.45, 7) is 0. The lowest BCUT2D eigenvalue weighted by Crippen LogP contribution is -1.94. The van der Waals surface area contributed by atoms with Gasteiger partial charge in [-0.25, -0.2) is 4.79 Å². The molecule has 0 unspecified atom stereocenters. The van der Waals surface area contributed by atoms with Crippen molar-refractivity contribution in [1.29, 1.82) is 0 Å². The summed E-state index contributed by atoms with van der Waals surface area (Å²) >= 11 is 0. The number of aliphatic carboxylic acids is 1. The summed E-state index contributed by atoms with van der Waals surface area (Å²) in [7, 11) is 0. The summed E-state index contributed by atoms with van der Waals surface area (Å²) in [4.78, 5) is 22.4. The largest absolute Gasteiger partial charge is 0.508 e. The molecular formula is C18H14O5. The number of allylic oxidation sites excluding steroid dienone is 1. The van der Waals surface area contributed by atoms with Gasteiger partial charge in [0.2, 0.25) is 0 Å². The average Bonchev–Trinajstić information content (AvgIpc) is 2.51. The molecule has 5 nitrogen and oxygen atoms in total. The number of carbonyl (C=O) groups is 2. The highest BCUT2D eigenvalue weighted by molar-refractivity contribution is 6.08. The lowest BCUT2D eigenvalue weighted by atomic mass is 10.1. The summed E-state index contributed by atoms with van der Waals surface area (Å²) in [6, 6.07) is 10.7. The maximum absolute atomic E-state index is 12.0. The normalized spacial score (nSPS) is 11.1. The molecule has 0 amide bonds. The standard InChI is InChI=1S/C18H14O5/c19-14-7-8-15(17(21)11-14)16(20)9-5-12-1-3-13(4-2-12)6-10-18(22)23/h1-11,19,21H,(H,22,23). The Morgan fingerprint density at radius 3 is 1.91 bits per heavy atom. The van der Waals surface area contributed by atoms with Crippen LogP contribution in [0.25, 0.3) is 12.2 Å². The van der Waals surface area contributed by atoms with Gasteiger partial charge in [-0.1, -0.05) is 30.3 Å². The van der Waals surface area contributed by atoms with Crippen LogP contribution >= 0.6 is 0 Å². The summed E-state index contributed by atoms with van der Waals surface area (Å²) in [5, 5.41) is 27.4. The number of carboxylic acid groups (broad SMARTS) is 1. The molecule has 2 rings (SSSR count). The van der Waals surface area contributed by atoms with Crippen molar-refractivity contribution in [2.24, 2.45) is 0 Å². The number of carbonyl (C=O) groups excluding carboxylic acids is 1. The molecule has 23 heavy (non-hydrogen) atoms. The van der Waals surface area contributed by atoms with E-state index < -0.39 is 11.8 Å². The van der Waals surface area contributed by atoms with Crippen molar-refractivity contribution < 1.29 is 24.9 Å². The number of hydrogen-bond acceptors (Lipinski definition) is 4. The van der Waals surface area contributed by atoms with E-state index in [4.69, 9.17) is 5.11 Å². The predicted octanol–water partition coefficient (Wildman–Crippen LogP) is 3.09. The quantitative estimate of drug-likeness (QED) is 0.582. The van der Waals surface area contributed by atoms with Crippen LogP contribution in [0.2, 0.25) is 0 Å². The van der Waals surface area contributed by atoms with Crippen molar-refractivity contribution in [3.8, 4) is 11.5 Å². The number of carboxylic acids is 1. The van der Waals surface area contributed by atoms with Crippen LogP contribution in [0.4, 0.5) is 0 Å². The molecule has 0 aromatic heterocycles. The molecular weight excluding hydrogens is 296 g/mol. The number of benzene rings is 2. The van der Waals surface area contributed by atoms with E-state index in [1.54, 1.807) is 30.3 Å². The van der Waals surface area contributed by atoms with E-state index in [1.807, 2.05) is 0 Å². The molecule has 0 aliphatic heterocycles. The Balaban J connectivity index is 2.10. The molecule has 0 aliphatic rings. The van der Waals surface area contributed by atoms with Crippen molar-refractivity contribution in [3.63, 3.8) is 0 Å². The van der Waals surface area contributed by atoms with Crippen LogP contribution < -0.4 is 0 Å². The van der Waals surface area contributed by atoms with Crippen LogP contribution in [0, 0.1) is 0 Å². The first-order valence-corrected chi connectivity index (χ1v) is 6.71. The number of phenolic OH excluding ortho intramolecular Hbond substituents is 2. The molecule has 116 valence electrons. The van der Waals surface area contributed by atoms with Gasteiger partial charge in [0.15, 0.2) is 5.78 Å². The fourth-order valence-corrected chi connectivity index (χ4v) is 1.88. The topological polar surface area (TPSA) is 94.8 Å². The Morgan fingerprint density at radius 2 is 1.39 bits per heavy atom. The first-order chi connectivity index (χ1) is 11.0. The van der Waals surface area contributed by atoms with Gasteiger partial charge in [0.1, 0.15) is 11.5 Å². The fraction of sp³-hybridized carbons (Fsp3) is 0. The number of ketones is 1. The van der Waals surface area contributed by atoms with E-state index in [-0.39, 0.29) is 17.1 Å². The minimum Gasteiger partial charge on any atom is -0.508 e. The van der Waals surface area contributed by atoms with E-state index in [0.29, 0.717) is 0 Å². The van der Waals surface area contributed by atoms with Gasteiger partial charge >= 0.3 is 5.97 Å². The molecule has 0 aliphatic carbocycles. The molecule has 3 N–H and O–H groups in total. The Kier molecular flexibility index (Phi) is 4.94. The second kappa shape index (κ2) is 7.09. The second-order valence-corrected chi connectivity index (χ2v) is 4.74. The lowest BCUT2D eigenvalue weighted by Gasteiger charge is -2.01. The van der Waals surface area contributed by atoms with Gasteiger partial charge in [-0.2, -0.15) is 0 Å². The van der Waals surface area contributed by atoms with Gasteiger partial charge in [0.25, 0.3) is 0 Å². The van der Waals surface area contributed by atoms with Crippen LogP contribution in [0.5, 0.6) is 11.5 Å². The Morgan fingerprint density at radius 1 is 0.826 bits per heavy atom. The van der Waals surface area contributed by atoms with Crippen LogP contribution in [0.15, 0.2) is 54.6 Å². The zero-order chi connectivity index (χ0) is 16.8. The maximum Gasteiger partial charge on any atom is 0.328 e. The summed E-state index contributed by atoms with van der Waals surface area (Å²) in [6.07, 6.45) is 5.41. The molecule has 2 aromatic rings. The van der Waals surface area contributed by atoms with Crippen LogP contribution in [-0.4, -0.2) is 27.1 Å². The minimum absolute atomic E-state index is 0.0973. The Hall–Kier alpha value is -3.34. The SMILES string of the molecule is O=C(O)C=Cc1ccc(C=CC(=O)c2ccc(O)cc2O)cc1. The van der Waals surface area contributed by atoms with E-state index >= 15 is 0 Å². The van der Waals surface area contributed by atoms with E-state index in [9.17, 15) is 19.8 Å². The third kappa shape index (κ3) is 4.57. The first-order valence-electron chi connectivity index (χ1n) is 6.71. The number of phenols is 2. The summed E-state index contributed by atoms with van der Waals surface area (Å²) < 4.78 is 0. The monoisotopic (exact) mass is 310 g/mol. The van der Waals surface area contributed by atoms with Gasteiger partial charge < -0.3 is 15.3 Å². The van der Waals surface area contributed by atoms with Crippen molar-refractivity contribution >= 4 is 23.9 Å². The molecule has 0 saturated carbocycles. The number of aromatic hydroxyl groups is 2. The second-order valence-electron chi connectivity index (χ2n) is 4.74. The predicted molar refractivity (Wildman–Crippen MR) is 86.2 cm³/mol. The smallest absolute Gasteiger partial charge is 0.328 e. The molecule has 5 heteroatoms. The minimum atomic E-state index is -1.02. The van der Waals surface area contributed by atoms with Crippen LogP contribution in [-0.2, 0) is 4.79 Å². The zero-order valence-electron chi connectivity index (χ0n) is 12.0. The van der Waals surface area contributed by atoms with Crippen LogP contribution in [0.3, 0.4) is 0 Å².